The first kappa shape index (κ1) is 17.8. The number of aryl methyl sites for hydroxylation is 1. The van der Waals surface area contributed by atoms with Crippen molar-refractivity contribution in [1.29, 1.82) is 0 Å². The molecule has 132 valence electrons. The molecule has 3 rings (SSSR count). The lowest BCUT2D eigenvalue weighted by molar-refractivity contribution is 0.630. The van der Waals surface area contributed by atoms with E-state index in [0.717, 1.165) is 11.1 Å². The van der Waals surface area contributed by atoms with Gasteiger partial charge in [0.05, 0.1) is 16.8 Å². The molecule has 0 spiro atoms. The quantitative estimate of drug-likeness (QED) is 0.521. The Bertz CT molecular complexity index is 923. The summed E-state index contributed by atoms with van der Waals surface area (Å²) in [5.41, 5.74) is 4.93. The van der Waals surface area contributed by atoms with Crippen LogP contribution in [0.5, 0.6) is 0 Å². The molecule has 26 heavy (non-hydrogen) atoms. The van der Waals surface area contributed by atoms with Gasteiger partial charge in [0.15, 0.2) is 5.82 Å². The van der Waals surface area contributed by atoms with Crippen LogP contribution in [-0.2, 0) is 0 Å². The highest BCUT2D eigenvalue weighted by molar-refractivity contribution is 6.33. The number of halogens is 2. The van der Waals surface area contributed by atoms with Gasteiger partial charge in [0.1, 0.15) is 5.82 Å². The van der Waals surface area contributed by atoms with Crippen LogP contribution in [0.2, 0.25) is 5.02 Å². The van der Waals surface area contributed by atoms with Gasteiger partial charge in [0.25, 0.3) is 0 Å². The molecular formula is C18H16ClFN6. The lowest BCUT2D eigenvalue weighted by Crippen LogP contribution is -2.06. The molecule has 8 heteroatoms. The highest BCUT2D eigenvalue weighted by atomic mass is 35.5. The molecular weight excluding hydrogens is 355 g/mol. The van der Waals surface area contributed by atoms with E-state index in [0.29, 0.717) is 0 Å². The van der Waals surface area contributed by atoms with E-state index in [1.54, 1.807) is 19.3 Å². The summed E-state index contributed by atoms with van der Waals surface area (Å²) in [4.78, 5) is 12.5. The van der Waals surface area contributed by atoms with Crippen LogP contribution < -0.4 is 10.7 Å². The molecule has 0 aliphatic heterocycles. The van der Waals surface area contributed by atoms with Gasteiger partial charge in [-0.1, -0.05) is 47.5 Å². The molecule has 0 saturated heterocycles. The Morgan fingerprint density at radius 1 is 1.04 bits per heavy atom. The second kappa shape index (κ2) is 7.88. The molecule has 3 aromatic rings. The van der Waals surface area contributed by atoms with E-state index >= 15 is 0 Å². The Morgan fingerprint density at radius 3 is 2.46 bits per heavy atom. The molecule has 0 aliphatic rings. The van der Waals surface area contributed by atoms with Crippen LogP contribution in [0.3, 0.4) is 0 Å². The number of anilines is 2. The number of rotatable bonds is 5. The third-order valence-electron chi connectivity index (χ3n) is 3.50. The van der Waals surface area contributed by atoms with Gasteiger partial charge >= 0.3 is 0 Å². The molecule has 0 fully saturated rings. The average Bonchev–Trinajstić information content (AvgIpc) is 2.63. The van der Waals surface area contributed by atoms with Crippen LogP contribution >= 0.6 is 11.6 Å². The number of benzene rings is 2. The molecule has 0 saturated carbocycles. The Labute approximate surface area is 155 Å². The predicted octanol–water partition coefficient (Wildman–Crippen LogP) is 4.13. The van der Waals surface area contributed by atoms with E-state index in [2.05, 4.69) is 30.8 Å². The fourth-order valence-electron chi connectivity index (χ4n) is 2.18. The zero-order chi connectivity index (χ0) is 18.5. The first-order chi connectivity index (χ1) is 12.6. The predicted molar refractivity (Wildman–Crippen MR) is 102 cm³/mol. The van der Waals surface area contributed by atoms with Crippen molar-refractivity contribution in [3.05, 3.63) is 64.4 Å². The summed E-state index contributed by atoms with van der Waals surface area (Å²) in [6.45, 7) is 2.01. The van der Waals surface area contributed by atoms with Crippen molar-refractivity contribution in [2.75, 3.05) is 17.8 Å². The van der Waals surface area contributed by atoms with Gasteiger partial charge < -0.3 is 5.32 Å². The van der Waals surface area contributed by atoms with E-state index in [1.807, 2.05) is 31.2 Å². The van der Waals surface area contributed by atoms with Crippen LogP contribution in [0.4, 0.5) is 16.3 Å². The molecule has 6 nitrogen and oxygen atoms in total. The molecule has 0 aliphatic carbocycles. The van der Waals surface area contributed by atoms with E-state index in [-0.39, 0.29) is 28.3 Å². The van der Waals surface area contributed by atoms with Crippen molar-refractivity contribution in [2.24, 2.45) is 5.10 Å². The Hall–Kier alpha value is -3.06. The molecule has 0 amide bonds. The molecule has 0 bridgehead atoms. The van der Waals surface area contributed by atoms with Crippen LogP contribution in [0.25, 0.3) is 11.4 Å². The standard InChI is InChI=1S/C18H16ClFN6/c1-11-6-8-12(9-7-11)10-22-26-18-24-16(23-17(21-2)25-18)15-13(19)4-3-5-14(15)20/h3-10H,1-2H3,(H2,21,23,24,25,26). The van der Waals surface area contributed by atoms with Crippen molar-refractivity contribution in [3.63, 3.8) is 0 Å². The normalized spacial score (nSPS) is 10.9. The molecule has 2 aromatic carbocycles. The monoisotopic (exact) mass is 370 g/mol. The highest BCUT2D eigenvalue weighted by Gasteiger charge is 2.15. The van der Waals surface area contributed by atoms with Crippen molar-refractivity contribution >= 4 is 29.7 Å². The van der Waals surface area contributed by atoms with Crippen LogP contribution in [0.1, 0.15) is 11.1 Å². The molecule has 0 atom stereocenters. The number of hydrogen-bond donors (Lipinski definition) is 2. The summed E-state index contributed by atoms with van der Waals surface area (Å²) in [7, 11) is 1.65. The molecule has 1 heterocycles. The molecule has 0 radical (unpaired) electrons. The Balaban J connectivity index is 1.89. The van der Waals surface area contributed by atoms with E-state index in [1.165, 1.54) is 12.1 Å². The maximum absolute atomic E-state index is 14.2. The largest absolute Gasteiger partial charge is 0.357 e. The summed E-state index contributed by atoms with van der Waals surface area (Å²) >= 11 is 6.10. The van der Waals surface area contributed by atoms with Gasteiger partial charge in [-0.25, -0.2) is 9.82 Å². The van der Waals surface area contributed by atoms with Crippen molar-refractivity contribution in [1.82, 2.24) is 15.0 Å². The summed E-state index contributed by atoms with van der Waals surface area (Å²) in [6, 6.07) is 12.3. The summed E-state index contributed by atoms with van der Waals surface area (Å²) < 4.78 is 14.2. The fourth-order valence-corrected chi connectivity index (χ4v) is 2.43. The summed E-state index contributed by atoms with van der Waals surface area (Å²) in [6.07, 6.45) is 1.64. The van der Waals surface area contributed by atoms with Gasteiger partial charge in [-0.2, -0.15) is 20.1 Å². The third-order valence-corrected chi connectivity index (χ3v) is 3.82. The maximum Gasteiger partial charge on any atom is 0.248 e. The van der Waals surface area contributed by atoms with Crippen LogP contribution in [-0.4, -0.2) is 28.2 Å². The van der Waals surface area contributed by atoms with E-state index in [4.69, 9.17) is 11.6 Å². The second-order valence-electron chi connectivity index (χ2n) is 5.43. The topological polar surface area (TPSA) is 75.1 Å². The van der Waals surface area contributed by atoms with Gasteiger partial charge in [0, 0.05) is 7.05 Å². The number of nitrogens with one attached hydrogen (secondary N) is 2. The fraction of sp³-hybridized carbons (Fsp3) is 0.111. The van der Waals surface area contributed by atoms with Crippen molar-refractivity contribution < 1.29 is 4.39 Å². The molecule has 2 N–H and O–H groups in total. The van der Waals surface area contributed by atoms with Gasteiger partial charge in [-0.15, -0.1) is 0 Å². The lowest BCUT2D eigenvalue weighted by Gasteiger charge is -2.08. The smallest absolute Gasteiger partial charge is 0.248 e. The van der Waals surface area contributed by atoms with Gasteiger partial charge in [-0.3, -0.25) is 0 Å². The van der Waals surface area contributed by atoms with E-state index < -0.39 is 5.82 Å². The second-order valence-corrected chi connectivity index (χ2v) is 5.84. The van der Waals surface area contributed by atoms with Crippen LogP contribution in [0.15, 0.2) is 47.6 Å². The SMILES string of the molecule is CNc1nc(NN=Cc2ccc(C)cc2)nc(-c2c(F)cccc2Cl)n1. The Morgan fingerprint density at radius 2 is 1.77 bits per heavy atom. The number of hydrazone groups is 1. The summed E-state index contributed by atoms with van der Waals surface area (Å²) in [5, 5.41) is 7.14. The minimum atomic E-state index is -0.514. The molecule has 1 aromatic heterocycles. The first-order valence-corrected chi connectivity index (χ1v) is 8.18. The number of nitrogens with zero attached hydrogens (tertiary/aromatic N) is 4. The zero-order valence-corrected chi connectivity index (χ0v) is 14.9. The highest BCUT2D eigenvalue weighted by Crippen LogP contribution is 2.28. The van der Waals surface area contributed by atoms with Gasteiger partial charge in [0.2, 0.25) is 11.9 Å². The van der Waals surface area contributed by atoms with E-state index in [9.17, 15) is 4.39 Å². The summed E-state index contributed by atoms with van der Waals surface area (Å²) in [5.74, 6) is 0.0322. The van der Waals surface area contributed by atoms with Crippen molar-refractivity contribution in [2.45, 2.75) is 6.92 Å². The number of hydrogen-bond acceptors (Lipinski definition) is 6. The number of aromatic nitrogens is 3. The Kier molecular flexibility index (Phi) is 5.38. The zero-order valence-electron chi connectivity index (χ0n) is 14.2. The third kappa shape index (κ3) is 4.12. The first-order valence-electron chi connectivity index (χ1n) is 7.81. The lowest BCUT2D eigenvalue weighted by atomic mass is 10.2. The molecule has 0 unspecified atom stereocenters. The van der Waals surface area contributed by atoms with Crippen LogP contribution in [0, 0.1) is 12.7 Å². The van der Waals surface area contributed by atoms with Gasteiger partial charge in [-0.05, 0) is 24.6 Å². The minimum absolute atomic E-state index is 0.110. The minimum Gasteiger partial charge on any atom is -0.357 e. The maximum atomic E-state index is 14.2. The van der Waals surface area contributed by atoms with Crippen molar-refractivity contribution in [3.8, 4) is 11.4 Å². The average molecular weight is 371 g/mol.